The van der Waals surface area contributed by atoms with Crippen LogP contribution in [0.3, 0.4) is 0 Å². The smallest absolute Gasteiger partial charge is 0.548 e. The van der Waals surface area contributed by atoms with E-state index in [1.165, 1.54) is 0 Å². The molecule has 0 rings (SSSR count). The summed E-state index contributed by atoms with van der Waals surface area (Å²) in [4.78, 5) is 42.8. The van der Waals surface area contributed by atoms with Gasteiger partial charge < -0.3 is 51.4 Å². The molecule has 0 aromatic heterocycles. The van der Waals surface area contributed by atoms with Gasteiger partial charge >= 0.3 is 29.3 Å². The third-order valence-electron chi connectivity index (χ3n) is 3.33. The Balaban J connectivity index is -0.000000529. The molecule has 33 heavy (non-hydrogen) atoms. The summed E-state index contributed by atoms with van der Waals surface area (Å²) in [6.45, 7) is 11.2. The molecule has 2 atom stereocenters. The maximum absolute atomic E-state index is 11.1. The zero-order valence-corrected chi connectivity index (χ0v) is 21.1. The van der Waals surface area contributed by atoms with Crippen LogP contribution in [0, 0.1) is 0 Å². The van der Waals surface area contributed by atoms with Crippen LogP contribution < -0.4 is 32.3 Å². The Hall–Kier alpha value is -2.08. The number of amides is 2. The third kappa shape index (κ3) is 26.1. The van der Waals surface area contributed by atoms with Crippen LogP contribution in [0.4, 0.5) is 9.59 Å². The van der Waals surface area contributed by atoms with Crippen LogP contribution in [0.25, 0.3) is 0 Å². The number of hydrogen-bond donors (Lipinski definition) is 4. The van der Waals surface area contributed by atoms with E-state index in [4.69, 9.17) is 20.9 Å². The van der Waals surface area contributed by atoms with E-state index >= 15 is 0 Å². The van der Waals surface area contributed by atoms with Crippen molar-refractivity contribution in [3.8, 4) is 0 Å². The molecule has 0 aromatic carbocycles. The second-order valence-corrected chi connectivity index (χ2v) is 8.99. The van der Waals surface area contributed by atoms with E-state index in [2.05, 4.69) is 10.6 Å². The van der Waals surface area contributed by atoms with Crippen LogP contribution in [0.15, 0.2) is 0 Å². The molecule has 0 unspecified atom stereocenters. The minimum Gasteiger partial charge on any atom is -0.548 e. The molecule has 0 aliphatic heterocycles. The zero-order chi connectivity index (χ0) is 25.5. The van der Waals surface area contributed by atoms with Gasteiger partial charge in [-0.05, 0) is 67.2 Å². The van der Waals surface area contributed by atoms with Gasteiger partial charge in [-0.15, -0.1) is 0 Å². The fourth-order valence-corrected chi connectivity index (χ4v) is 1.89. The number of carbonyl (C=O) groups is 4. The van der Waals surface area contributed by atoms with Crippen molar-refractivity contribution in [3.05, 3.63) is 0 Å². The molecule has 197 valence electrons. The number of carboxylic acid groups (broad SMARTS) is 2. The quantitative estimate of drug-likeness (QED) is 0.196. The number of hydrogen-bond acceptors (Lipinski definition) is 10. The molecule has 0 heterocycles. The maximum Gasteiger partial charge on any atom is 2.00 e. The average molecular weight is 526 g/mol. The normalized spacial score (nSPS) is 12.6. The Bertz CT molecular complexity index is 554. The number of aliphatic carboxylic acids is 2. The first-order valence-corrected chi connectivity index (χ1v) is 10.3. The number of ether oxygens (including phenoxy) is 2. The van der Waals surface area contributed by atoms with Crippen LogP contribution in [0.2, 0.25) is 0 Å². The van der Waals surface area contributed by atoms with E-state index in [1.54, 1.807) is 41.5 Å². The monoisotopic (exact) mass is 525 g/mol. The van der Waals surface area contributed by atoms with Gasteiger partial charge in [0.05, 0.1) is 11.9 Å². The zero-order valence-electron chi connectivity index (χ0n) is 20.1. The second kappa shape index (κ2) is 17.4. The second-order valence-electron chi connectivity index (χ2n) is 8.99. The van der Waals surface area contributed by atoms with E-state index in [0.29, 0.717) is 25.9 Å². The number of carbonyl (C=O) groups excluding carboxylic acids is 4. The van der Waals surface area contributed by atoms with Gasteiger partial charge in [0.2, 0.25) is 0 Å². The molecule has 0 aliphatic carbocycles. The summed E-state index contributed by atoms with van der Waals surface area (Å²) in [5.41, 5.74) is 9.39. The Morgan fingerprint density at radius 1 is 0.727 bits per heavy atom. The summed E-state index contributed by atoms with van der Waals surface area (Å²) in [6, 6.07) is -1.97. The van der Waals surface area contributed by atoms with E-state index in [1.807, 2.05) is 0 Å². The minimum atomic E-state index is -1.28. The van der Waals surface area contributed by atoms with Crippen molar-refractivity contribution in [3.63, 3.8) is 0 Å². The number of alkyl carbamates (subject to hydrolysis) is 2. The number of nitrogens with two attached hydrogens (primary N) is 2. The molecular weight excluding hydrogens is 488 g/mol. The summed E-state index contributed by atoms with van der Waals surface area (Å²) >= 11 is 0. The van der Waals surface area contributed by atoms with Gasteiger partial charge in [-0.2, -0.15) is 0 Å². The Morgan fingerprint density at radius 3 is 1.21 bits per heavy atom. The van der Waals surface area contributed by atoms with Crippen molar-refractivity contribution >= 4 is 24.1 Å². The first-order chi connectivity index (χ1) is 14.4. The standard InChI is InChI=1S/2C10H20N2O4.Cu/c2*1-10(2,3)16-9(15)12-6-4-5-7(11)8(13)14;/h2*7H,4-6,11H2,1-3H3,(H,12,15)(H,13,14);/q;;+2/p-2/t2*7-;/m00./s1. The van der Waals surface area contributed by atoms with Crippen molar-refractivity contribution in [2.24, 2.45) is 11.5 Å². The molecule has 6 N–H and O–H groups in total. The van der Waals surface area contributed by atoms with E-state index in [0.717, 1.165) is 0 Å². The van der Waals surface area contributed by atoms with Crippen LogP contribution in [0.1, 0.15) is 67.2 Å². The van der Waals surface area contributed by atoms with Gasteiger partial charge in [-0.25, -0.2) is 9.59 Å². The van der Waals surface area contributed by atoms with Crippen molar-refractivity contribution in [2.75, 3.05) is 13.1 Å². The average Bonchev–Trinajstić information content (AvgIpc) is 2.59. The van der Waals surface area contributed by atoms with Gasteiger partial charge in [0.25, 0.3) is 0 Å². The first-order valence-electron chi connectivity index (χ1n) is 10.3. The third-order valence-corrected chi connectivity index (χ3v) is 3.33. The molecule has 0 saturated carbocycles. The summed E-state index contributed by atoms with van der Waals surface area (Å²) in [7, 11) is 0. The van der Waals surface area contributed by atoms with Gasteiger partial charge in [-0.3, -0.25) is 0 Å². The molecule has 0 aliphatic rings. The predicted octanol–water partition coefficient (Wildman–Crippen LogP) is -1.27. The topological polar surface area (TPSA) is 209 Å². The summed E-state index contributed by atoms with van der Waals surface area (Å²) in [6.07, 6.45) is 0.419. The summed E-state index contributed by atoms with van der Waals surface area (Å²) in [5.74, 6) is -2.56. The van der Waals surface area contributed by atoms with E-state index in [9.17, 15) is 29.4 Å². The Morgan fingerprint density at radius 2 is 1.00 bits per heavy atom. The SMILES string of the molecule is CC(C)(C)OC(=O)NCCC[C@H](N)C(=O)[O-].CC(C)(C)OC(=O)NCCC[C@H](N)C(=O)[O-].[Cu+2]. The van der Waals surface area contributed by atoms with Crippen LogP contribution in [-0.4, -0.2) is 60.5 Å². The molecule has 2 amide bonds. The van der Waals surface area contributed by atoms with Crippen molar-refractivity contribution in [2.45, 2.75) is 90.5 Å². The Kier molecular flexibility index (Phi) is 18.7. The van der Waals surface area contributed by atoms with E-state index in [-0.39, 0.29) is 29.9 Å². The molecule has 0 aromatic rings. The van der Waals surface area contributed by atoms with Gasteiger partial charge in [-0.1, -0.05) is 0 Å². The van der Waals surface area contributed by atoms with Crippen molar-refractivity contribution < 1.29 is 55.9 Å². The molecule has 1 radical (unpaired) electrons. The van der Waals surface area contributed by atoms with Crippen LogP contribution in [-0.2, 0) is 36.1 Å². The van der Waals surface area contributed by atoms with Gasteiger partial charge in [0, 0.05) is 25.2 Å². The Labute approximate surface area is 206 Å². The number of carboxylic acids is 2. The predicted molar refractivity (Wildman–Crippen MR) is 113 cm³/mol. The molecule has 0 spiro atoms. The van der Waals surface area contributed by atoms with Gasteiger partial charge in [0.1, 0.15) is 11.2 Å². The fraction of sp³-hybridized carbons (Fsp3) is 0.800. The molecule has 0 saturated heterocycles. The summed E-state index contributed by atoms with van der Waals surface area (Å²) in [5, 5.41) is 25.5. The molecule has 13 heteroatoms. The maximum atomic E-state index is 11.1. The largest absolute Gasteiger partial charge is 2.00 e. The molecular formula is C20H38CuN4O8. The van der Waals surface area contributed by atoms with Crippen molar-refractivity contribution in [1.29, 1.82) is 0 Å². The minimum absolute atomic E-state index is 0. The molecule has 0 fully saturated rings. The van der Waals surface area contributed by atoms with Crippen LogP contribution >= 0.6 is 0 Å². The van der Waals surface area contributed by atoms with E-state index < -0.39 is 47.4 Å². The fourth-order valence-electron chi connectivity index (χ4n) is 1.89. The molecule has 12 nitrogen and oxygen atoms in total. The van der Waals surface area contributed by atoms with Gasteiger partial charge in [0.15, 0.2) is 0 Å². The number of rotatable bonds is 10. The van der Waals surface area contributed by atoms with Crippen LogP contribution in [0.5, 0.6) is 0 Å². The molecule has 0 bridgehead atoms. The first kappa shape index (κ1) is 35.5. The summed E-state index contributed by atoms with van der Waals surface area (Å²) < 4.78 is 9.96. The number of nitrogens with one attached hydrogen (secondary N) is 2. The van der Waals surface area contributed by atoms with Crippen molar-refractivity contribution in [1.82, 2.24) is 10.6 Å².